The number of rotatable bonds is 5. The Morgan fingerprint density at radius 1 is 1.45 bits per heavy atom. The number of nitrogens with one attached hydrogen (secondary N) is 1. The van der Waals surface area contributed by atoms with Crippen molar-refractivity contribution in [2.75, 3.05) is 12.3 Å². The van der Waals surface area contributed by atoms with Gasteiger partial charge in [-0.05, 0) is 39.7 Å². The lowest BCUT2D eigenvalue weighted by atomic mass is 10.0. The van der Waals surface area contributed by atoms with Crippen molar-refractivity contribution in [3.8, 4) is 0 Å². The fourth-order valence-electron chi connectivity index (χ4n) is 2.34. The van der Waals surface area contributed by atoms with Crippen LogP contribution in [0.1, 0.15) is 39.5 Å². The largest absolute Gasteiger partial charge is 0.381 e. The highest BCUT2D eigenvalue weighted by atomic mass is 32.2. The molecule has 1 fully saturated rings. The van der Waals surface area contributed by atoms with Crippen molar-refractivity contribution in [3.05, 3.63) is 0 Å². The van der Waals surface area contributed by atoms with Crippen LogP contribution in [-0.2, 0) is 16.4 Å². The molecule has 1 saturated heterocycles. The van der Waals surface area contributed by atoms with Gasteiger partial charge in [-0.2, -0.15) is 0 Å². The van der Waals surface area contributed by atoms with Crippen LogP contribution < -0.4 is 11.1 Å². The van der Waals surface area contributed by atoms with E-state index in [0.717, 1.165) is 19.4 Å². The van der Waals surface area contributed by atoms with E-state index in [-0.39, 0.29) is 10.8 Å². The van der Waals surface area contributed by atoms with Crippen LogP contribution in [0.3, 0.4) is 0 Å². The first-order valence-corrected chi connectivity index (χ1v) is 8.64. The van der Waals surface area contributed by atoms with E-state index in [9.17, 15) is 8.42 Å². The molecule has 1 aliphatic heterocycles. The summed E-state index contributed by atoms with van der Waals surface area (Å²) in [5, 5.41) is 10.4. The van der Waals surface area contributed by atoms with Crippen molar-refractivity contribution >= 4 is 15.7 Å². The third kappa shape index (κ3) is 3.12. The number of hydrogen-bond donors (Lipinski definition) is 2. The number of piperidine rings is 1. The second-order valence-electron chi connectivity index (χ2n) is 5.53. The quantitative estimate of drug-likeness (QED) is 0.824. The SMILES string of the molecule is CC(C)S(=O)(=O)c1nnn(CCC2CCCCN2)c1N. The summed E-state index contributed by atoms with van der Waals surface area (Å²) < 4.78 is 25.6. The number of nitrogens with zero attached hydrogens (tertiary/aromatic N) is 3. The highest BCUT2D eigenvalue weighted by Gasteiger charge is 2.27. The predicted molar refractivity (Wildman–Crippen MR) is 77.0 cm³/mol. The summed E-state index contributed by atoms with van der Waals surface area (Å²) >= 11 is 0. The van der Waals surface area contributed by atoms with Crippen LogP contribution in [0, 0.1) is 0 Å². The first-order chi connectivity index (χ1) is 9.43. The van der Waals surface area contributed by atoms with Gasteiger partial charge in [-0.3, -0.25) is 0 Å². The molecule has 0 aliphatic carbocycles. The van der Waals surface area contributed by atoms with Crippen LogP contribution in [0.4, 0.5) is 5.82 Å². The average Bonchev–Trinajstić information content (AvgIpc) is 2.79. The number of nitrogen functional groups attached to an aromatic ring is 1. The van der Waals surface area contributed by atoms with Gasteiger partial charge >= 0.3 is 0 Å². The van der Waals surface area contributed by atoms with Crippen molar-refractivity contribution in [1.82, 2.24) is 20.3 Å². The molecule has 1 aliphatic rings. The van der Waals surface area contributed by atoms with E-state index in [4.69, 9.17) is 5.73 Å². The maximum absolute atomic E-state index is 12.1. The summed E-state index contributed by atoms with van der Waals surface area (Å²) in [6, 6.07) is 0.456. The summed E-state index contributed by atoms with van der Waals surface area (Å²) in [5.74, 6) is 0.148. The molecule has 114 valence electrons. The van der Waals surface area contributed by atoms with Crippen molar-refractivity contribution < 1.29 is 8.42 Å². The summed E-state index contributed by atoms with van der Waals surface area (Å²) in [6.45, 7) is 4.86. The molecule has 0 aromatic carbocycles. The van der Waals surface area contributed by atoms with E-state index >= 15 is 0 Å². The normalized spacial score (nSPS) is 20.4. The molecular weight excluding hydrogens is 278 g/mol. The van der Waals surface area contributed by atoms with Gasteiger partial charge in [0.2, 0.25) is 14.9 Å². The zero-order chi connectivity index (χ0) is 14.8. The van der Waals surface area contributed by atoms with E-state index in [2.05, 4.69) is 15.6 Å². The van der Waals surface area contributed by atoms with Crippen LogP contribution >= 0.6 is 0 Å². The van der Waals surface area contributed by atoms with Crippen LogP contribution in [0.5, 0.6) is 0 Å². The van der Waals surface area contributed by atoms with Gasteiger partial charge in [-0.1, -0.05) is 11.6 Å². The number of nitrogens with two attached hydrogens (primary N) is 1. The maximum atomic E-state index is 12.1. The standard InChI is InChI=1S/C12H23N5O2S/c1-9(2)20(18,19)12-11(13)17(16-15-12)8-6-10-5-3-4-7-14-10/h9-10,14H,3-8,13H2,1-2H3. The molecule has 3 N–H and O–H groups in total. The number of sulfone groups is 1. The molecule has 0 bridgehead atoms. The van der Waals surface area contributed by atoms with Gasteiger partial charge in [0.25, 0.3) is 0 Å². The van der Waals surface area contributed by atoms with Crippen LogP contribution in [0.2, 0.25) is 0 Å². The zero-order valence-corrected chi connectivity index (χ0v) is 12.9. The first kappa shape index (κ1) is 15.2. The lowest BCUT2D eigenvalue weighted by Crippen LogP contribution is -2.34. The van der Waals surface area contributed by atoms with E-state index in [1.54, 1.807) is 13.8 Å². The summed E-state index contributed by atoms with van der Waals surface area (Å²) in [4.78, 5) is 0. The van der Waals surface area contributed by atoms with Crippen LogP contribution in [0.25, 0.3) is 0 Å². The minimum absolute atomic E-state index is 0.0934. The maximum Gasteiger partial charge on any atom is 0.221 e. The number of aromatic nitrogens is 3. The molecule has 1 aromatic heterocycles. The molecule has 8 heteroatoms. The number of hydrogen-bond acceptors (Lipinski definition) is 6. The molecule has 2 heterocycles. The molecule has 1 unspecified atom stereocenters. The van der Waals surface area contributed by atoms with Crippen molar-refractivity contribution in [2.24, 2.45) is 0 Å². The zero-order valence-electron chi connectivity index (χ0n) is 12.0. The second-order valence-corrected chi connectivity index (χ2v) is 7.95. The van der Waals surface area contributed by atoms with Crippen LogP contribution in [-0.4, -0.2) is 41.2 Å². The van der Waals surface area contributed by atoms with Crippen molar-refractivity contribution in [3.63, 3.8) is 0 Å². The minimum Gasteiger partial charge on any atom is -0.381 e. The van der Waals surface area contributed by atoms with Gasteiger partial charge in [0.05, 0.1) is 5.25 Å². The molecule has 0 spiro atoms. The Morgan fingerprint density at radius 2 is 2.20 bits per heavy atom. The number of anilines is 1. The van der Waals surface area contributed by atoms with Gasteiger partial charge in [0.1, 0.15) is 0 Å². The minimum atomic E-state index is -3.46. The van der Waals surface area contributed by atoms with Gasteiger partial charge in [-0.25, -0.2) is 13.1 Å². The Kier molecular flexibility index (Phi) is 4.64. The fraction of sp³-hybridized carbons (Fsp3) is 0.833. The van der Waals surface area contributed by atoms with E-state index in [1.165, 1.54) is 17.5 Å². The van der Waals surface area contributed by atoms with Gasteiger partial charge < -0.3 is 11.1 Å². The molecule has 20 heavy (non-hydrogen) atoms. The Bertz CT molecular complexity index is 546. The Morgan fingerprint density at radius 3 is 2.80 bits per heavy atom. The monoisotopic (exact) mass is 301 g/mol. The Balaban J connectivity index is 2.05. The predicted octanol–water partition coefficient (Wildman–Crippen LogP) is 0.575. The van der Waals surface area contributed by atoms with Crippen molar-refractivity contribution in [2.45, 2.75) is 62.4 Å². The molecule has 1 atom stereocenters. The fourth-order valence-corrected chi connectivity index (χ4v) is 3.34. The van der Waals surface area contributed by atoms with Crippen LogP contribution in [0.15, 0.2) is 5.03 Å². The van der Waals surface area contributed by atoms with Gasteiger partial charge in [-0.15, -0.1) is 5.10 Å². The Hall–Kier alpha value is -1.15. The molecule has 7 nitrogen and oxygen atoms in total. The topological polar surface area (TPSA) is 103 Å². The first-order valence-electron chi connectivity index (χ1n) is 7.09. The molecular formula is C12H23N5O2S. The molecule has 2 rings (SSSR count). The molecule has 0 radical (unpaired) electrons. The second kappa shape index (κ2) is 6.09. The lowest BCUT2D eigenvalue weighted by Gasteiger charge is -2.23. The smallest absolute Gasteiger partial charge is 0.221 e. The molecule has 0 saturated carbocycles. The van der Waals surface area contributed by atoms with Gasteiger partial charge in [0.15, 0.2) is 5.82 Å². The average molecular weight is 301 g/mol. The Labute approximate surface area is 119 Å². The van der Waals surface area contributed by atoms with E-state index in [0.29, 0.717) is 12.6 Å². The third-order valence-corrected chi connectivity index (χ3v) is 5.80. The third-order valence-electron chi connectivity index (χ3n) is 3.73. The lowest BCUT2D eigenvalue weighted by molar-refractivity contribution is 0.360. The van der Waals surface area contributed by atoms with Crippen molar-refractivity contribution in [1.29, 1.82) is 0 Å². The molecule has 0 amide bonds. The van der Waals surface area contributed by atoms with Gasteiger partial charge in [0, 0.05) is 12.6 Å². The number of aryl methyl sites for hydroxylation is 1. The van der Waals surface area contributed by atoms with E-state index < -0.39 is 15.1 Å². The molecule has 1 aromatic rings. The summed E-state index contributed by atoms with van der Waals surface area (Å²) in [6.07, 6.45) is 4.48. The highest BCUT2D eigenvalue weighted by Crippen LogP contribution is 2.20. The highest BCUT2D eigenvalue weighted by molar-refractivity contribution is 7.92. The summed E-state index contributed by atoms with van der Waals surface area (Å²) in [5.41, 5.74) is 5.88. The summed E-state index contributed by atoms with van der Waals surface area (Å²) in [7, 11) is -3.46. The van der Waals surface area contributed by atoms with E-state index in [1.807, 2.05) is 0 Å².